The third kappa shape index (κ3) is 3.44. The number of hydrogen-bond acceptors (Lipinski definition) is 4. The predicted molar refractivity (Wildman–Crippen MR) is 109 cm³/mol. The van der Waals surface area contributed by atoms with Gasteiger partial charge in [0.25, 0.3) is 0 Å². The molecular weight excluding hydrogens is 378 g/mol. The highest BCUT2D eigenvalue weighted by molar-refractivity contribution is 7.99. The Morgan fingerprint density at radius 3 is 2.85 bits per heavy atom. The molecule has 0 aliphatic rings. The molecule has 2 heterocycles. The molecule has 2 aromatic heterocycles. The van der Waals surface area contributed by atoms with Crippen molar-refractivity contribution in [1.29, 1.82) is 5.41 Å². The predicted octanol–water partition coefficient (Wildman–Crippen LogP) is 4.61. The van der Waals surface area contributed by atoms with Crippen molar-refractivity contribution in [1.82, 2.24) is 19.5 Å². The Labute approximate surface area is 165 Å². The van der Waals surface area contributed by atoms with Crippen LogP contribution in [0.1, 0.15) is 12.8 Å². The Morgan fingerprint density at radius 2 is 2.04 bits per heavy atom. The first-order valence-corrected chi connectivity index (χ1v) is 9.65. The minimum absolute atomic E-state index is 0.179. The van der Waals surface area contributed by atoms with E-state index >= 15 is 0 Å². The second-order valence-corrected chi connectivity index (χ2v) is 7.47. The lowest BCUT2D eigenvalue weighted by molar-refractivity contribution is 0.653. The molecule has 0 bridgehead atoms. The van der Waals surface area contributed by atoms with E-state index < -0.39 is 0 Å². The topological polar surface area (TPSA) is 70.3 Å². The van der Waals surface area contributed by atoms with Crippen LogP contribution in [0.25, 0.3) is 21.9 Å². The number of aromatic nitrogens is 4. The molecule has 134 valence electrons. The van der Waals surface area contributed by atoms with Gasteiger partial charge in [0.1, 0.15) is 5.52 Å². The SMILES string of the molecule is C#CCCCn1cnc(=N)c2[nH]c(Sc3ccc(Cl)c4ccccc34)nc21. The van der Waals surface area contributed by atoms with E-state index in [9.17, 15) is 0 Å². The molecule has 4 aromatic rings. The van der Waals surface area contributed by atoms with Gasteiger partial charge in [0.05, 0.1) is 6.33 Å². The Bertz CT molecular complexity index is 1230. The van der Waals surface area contributed by atoms with Gasteiger partial charge in [-0.1, -0.05) is 47.6 Å². The van der Waals surface area contributed by atoms with Crippen LogP contribution in [0.3, 0.4) is 0 Å². The van der Waals surface area contributed by atoms with Crippen molar-refractivity contribution in [3.8, 4) is 12.3 Å². The highest BCUT2D eigenvalue weighted by atomic mass is 35.5. The van der Waals surface area contributed by atoms with Crippen LogP contribution in [0.15, 0.2) is 52.8 Å². The van der Waals surface area contributed by atoms with E-state index in [1.54, 1.807) is 6.33 Å². The number of hydrogen-bond donors (Lipinski definition) is 2. The summed E-state index contributed by atoms with van der Waals surface area (Å²) in [7, 11) is 0. The molecule has 0 unspecified atom stereocenters. The van der Waals surface area contributed by atoms with Crippen molar-refractivity contribution in [2.75, 3.05) is 0 Å². The summed E-state index contributed by atoms with van der Waals surface area (Å²) >= 11 is 7.83. The molecule has 0 atom stereocenters. The lowest BCUT2D eigenvalue weighted by atomic mass is 10.1. The summed E-state index contributed by atoms with van der Waals surface area (Å²) in [5.41, 5.74) is 1.52. The number of fused-ring (bicyclic) bond motifs is 2. The van der Waals surface area contributed by atoms with E-state index in [1.165, 1.54) is 11.8 Å². The molecule has 0 radical (unpaired) electrons. The first kappa shape index (κ1) is 17.7. The molecule has 4 rings (SSSR count). The van der Waals surface area contributed by atoms with Gasteiger partial charge >= 0.3 is 0 Å². The maximum absolute atomic E-state index is 8.07. The van der Waals surface area contributed by atoms with E-state index in [-0.39, 0.29) is 5.49 Å². The zero-order valence-electron chi connectivity index (χ0n) is 14.4. The number of nitrogens with one attached hydrogen (secondary N) is 2. The number of nitrogens with zero attached hydrogens (tertiary/aromatic N) is 3. The quantitative estimate of drug-likeness (QED) is 0.384. The summed E-state index contributed by atoms with van der Waals surface area (Å²) in [5.74, 6) is 2.64. The van der Waals surface area contributed by atoms with Gasteiger partial charge in [-0.15, -0.1) is 12.3 Å². The number of terminal acetylenes is 1. The van der Waals surface area contributed by atoms with Crippen LogP contribution in [-0.2, 0) is 6.54 Å². The number of aromatic amines is 1. The number of halogens is 1. The van der Waals surface area contributed by atoms with Crippen LogP contribution in [0.2, 0.25) is 5.02 Å². The maximum atomic E-state index is 8.07. The van der Waals surface area contributed by atoms with Crippen LogP contribution >= 0.6 is 23.4 Å². The van der Waals surface area contributed by atoms with Crippen LogP contribution < -0.4 is 5.49 Å². The van der Waals surface area contributed by atoms with Crippen molar-refractivity contribution in [3.05, 3.63) is 53.2 Å². The molecule has 0 spiro atoms. The second-order valence-electron chi connectivity index (χ2n) is 6.03. The summed E-state index contributed by atoms with van der Waals surface area (Å²) in [6, 6.07) is 11.9. The molecule has 5 nitrogen and oxygen atoms in total. The lowest BCUT2D eigenvalue weighted by Gasteiger charge is -2.06. The van der Waals surface area contributed by atoms with Crippen LogP contribution in [-0.4, -0.2) is 19.5 Å². The van der Waals surface area contributed by atoms with Gasteiger partial charge in [-0.25, -0.2) is 9.97 Å². The normalized spacial score (nSPS) is 11.1. The molecule has 0 aliphatic heterocycles. The molecule has 0 saturated heterocycles. The standard InChI is InChI=1S/C20H16ClN5S/c1-2-3-6-11-26-12-23-18(22)17-19(26)25-20(24-17)27-16-10-9-15(21)13-7-4-5-8-14(13)16/h1,4-5,7-10,12,22H,3,6,11H2,(H,24,25). The molecule has 0 amide bonds. The molecule has 2 aromatic carbocycles. The van der Waals surface area contributed by atoms with E-state index in [2.05, 4.69) is 15.9 Å². The van der Waals surface area contributed by atoms with Crippen molar-refractivity contribution < 1.29 is 0 Å². The summed E-state index contributed by atoms with van der Waals surface area (Å²) in [6.07, 6.45) is 8.52. The largest absolute Gasteiger partial charge is 0.328 e. The van der Waals surface area contributed by atoms with Gasteiger partial charge in [-0.2, -0.15) is 0 Å². The lowest BCUT2D eigenvalue weighted by Crippen LogP contribution is -2.12. The number of benzene rings is 2. The highest BCUT2D eigenvalue weighted by Gasteiger charge is 2.12. The number of rotatable bonds is 5. The first-order valence-electron chi connectivity index (χ1n) is 8.45. The molecule has 0 saturated carbocycles. The first-order chi connectivity index (χ1) is 13.2. The van der Waals surface area contributed by atoms with Crippen molar-refractivity contribution in [2.45, 2.75) is 29.4 Å². The van der Waals surface area contributed by atoms with E-state index in [0.29, 0.717) is 29.3 Å². The summed E-state index contributed by atoms with van der Waals surface area (Å²) in [5, 5.41) is 11.6. The number of unbranched alkanes of at least 4 members (excludes halogenated alkanes) is 1. The van der Waals surface area contributed by atoms with Crippen LogP contribution in [0.5, 0.6) is 0 Å². The van der Waals surface area contributed by atoms with Crippen LogP contribution in [0, 0.1) is 17.8 Å². The molecule has 7 heteroatoms. The number of H-pyrrole nitrogens is 1. The van der Waals surface area contributed by atoms with Gasteiger partial charge < -0.3 is 9.55 Å². The zero-order chi connectivity index (χ0) is 18.8. The van der Waals surface area contributed by atoms with E-state index in [0.717, 1.165) is 27.1 Å². The summed E-state index contributed by atoms with van der Waals surface area (Å²) < 4.78 is 1.94. The van der Waals surface area contributed by atoms with Crippen molar-refractivity contribution >= 4 is 45.3 Å². The Balaban J connectivity index is 1.74. The molecule has 0 fully saturated rings. The summed E-state index contributed by atoms with van der Waals surface area (Å²) in [4.78, 5) is 13.1. The smallest absolute Gasteiger partial charge is 0.173 e. The van der Waals surface area contributed by atoms with Gasteiger partial charge in [0, 0.05) is 28.3 Å². The second kappa shape index (κ2) is 7.47. The van der Waals surface area contributed by atoms with Crippen molar-refractivity contribution in [3.63, 3.8) is 0 Å². The third-order valence-electron chi connectivity index (χ3n) is 4.26. The number of aryl methyl sites for hydroxylation is 1. The molecular formula is C20H16ClN5S. The third-order valence-corrected chi connectivity index (χ3v) is 5.55. The van der Waals surface area contributed by atoms with Gasteiger partial charge in [0.15, 0.2) is 16.3 Å². The molecule has 2 N–H and O–H groups in total. The van der Waals surface area contributed by atoms with Gasteiger partial charge in [-0.3, -0.25) is 5.41 Å². The van der Waals surface area contributed by atoms with Gasteiger partial charge in [0.2, 0.25) is 0 Å². The van der Waals surface area contributed by atoms with Crippen LogP contribution in [0.4, 0.5) is 0 Å². The van der Waals surface area contributed by atoms with Gasteiger partial charge in [-0.05, 0) is 23.9 Å². The number of imidazole rings is 1. The van der Waals surface area contributed by atoms with E-state index in [4.69, 9.17) is 28.4 Å². The van der Waals surface area contributed by atoms with E-state index in [1.807, 2.05) is 41.0 Å². The molecule has 0 aliphatic carbocycles. The van der Waals surface area contributed by atoms with Crippen molar-refractivity contribution in [2.24, 2.45) is 0 Å². The minimum Gasteiger partial charge on any atom is -0.328 e. The fourth-order valence-corrected chi connectivity index (χ4v) is 4.10. The highest BCUT2D eigenvalue weighted by Crippen LogP contribution is 2.35. The minimum atomic E-state index is 0.179. The summed E-state index contributed by atoms with van der Waals surface area (Å²) in [6.45, 7) is 0.715. The Hall–Kier alpha value is -2.75. The zero-order valence-corrected chi connectivity index (χ0v) is 15.9. The average molecular weight is 394 g/mol. The fraction of sp³-hybridized carbons (Fsp3) is 0.150. The average Bonchev–Trinajstić information content (AvgIpc) is 3.11. The monoisotopic (exact) mass is 393 g/mol. The Morgan fingerprint density at radius 1 is 1.22 bits per heavy atom. The Kier molecular flexibility index (Phi) is 4.88. The fourth-order valence-electron chi connectivity index (χ4n) is 2.95. The maximum Gasteiger partial charge on any atom is 0.173 e. The molecule has 27 heavy (non-hydrogen) atoms.